The highest BCUT2D eigenvalue weighted by Crippen LogP contribution is 2.36. The second-order valence-electron chi connectivity index (χ2n) is 5.65. The standard InChI is InChI=1S/C14H22O6/c1-8(2)20-14(19)10-5-3-4-9(6-10)11(13(17)18)7-12(15)16/h8-11H,3-7H2,1-2H3,(H,15,16)(H,17,18). The van der Waals surface area contributed by atoms with E-state index in [4.69, 9.17) is 14.9 Å². The van der Waals surface area contributed by atoms with Crippen molar-refractivity contribution < 1.29 is 29.3 Å². The molecule has 1 aliphatic carbocycles. The summed E-state index contributed by atoms with van der Waals surface area (Å²) in [6, 6.07) is 0. The van der Waals surface area contributed by atoms with E-state index in [1.54, 1.807) is 13.8 Å². The van der Waals surface area contributed by atoms with Gasteiger partial charge in [0.05, 0.1) is 24.4 Å². The van der Waals surface area contributed by atoms with E-state index >= 15 is 0 Å². The zero-order chi connectivity index (χ0) is 15.3. The molecule has 1 fully saturated rings. The molecular weight excluding hydrogens is 264 g/mol. The molecule has 0 aromatic heterocycles. The van der Waals surface area contributed by atoms with Crippen molar-refractivity contribution in [1.82, 2.24) is 0 Å². The Morgan fingerprint density at radius 3 is 2.35 bits per heavy atom. The highest BCUT2D eigenvalue weighted by Gasteiger charge is 2.37. The zero-order valence-corrected chi connectivity index (χ0v) is 11.9. The monoisotopic (exact) mass is 286 g/mol. The summed E-state index contributed by atoms with van der Waals surface area (Å²) in [5.74, 6) is -4.04. The Bertz CT molecular complexity index is 376. The molecule has 0 radical (unpaired) electrons. The molecule has 0 saturated heterocycles. The first-order valence-electron chi connectivity index (χ1n) is 6.96. The van der Waals surface area contributed by atoms with Crippen molar-refractivity contribution in [2.45, 2.75) is 52.1 Å². The lowest BCUT2D eigenvalue weighted by Gasteiger charge is -2.31. The SMILES string of the molecule is CC(C)OC(=O)C1CCCC(C(CC(=O)O)C(=O)O)C1. The van der Waals surface area contributed by atoms with Gasteiger partial charge in [0.2, 0.25) is 0 Å². The van der Waals surface area contributed by atoms with Gasteiger partial charge in [0.1, 0.15) is 0 Å². The summed E-state index contributed by atoms with van der Waals surface area (Å²) in [6.45, 7) is 3.53. The van der Waals surface area contributed by atoms with Gasteiger partial charge in [-0.2, -0.15) is 0 Å². The Morgan fingerprint density at radius 2 is 1.85 bits per heavy atom. The third-order valence-electron chi connectivity index (χ3n) is 3.68. The number of carbonyl (C=O) groups is 3. The Labute approximate surface area is 118 Å². The molecule has 0 aliphatic heterocycles. The Hall–Kier alpha value is -1.59. The minimum Gasteiger partial charge on any atom is -0.481 e. The van der Waals surface area contributed by atoms with Crippen molar-refractivity contribution in [3.63, 3.8) is 0 Å². The van der Waals surface area contributed by atoms with Crippen LogP contribution in [0.25, 0.3) is 0 Å². The summed E-state index contributed by atoms with van der Waals surface area (Å²) in [6.07, 6.45) is 1.86. The fourth-order valence-electron chi connectivity index (χ4n) is 2.78. The summed E-state index contributed by atoms with van der Waals surface area (Å²) in [4.78, 5) is 33.9. The van der Waals surface area contributed by atoms with Crippen LogP contribution >= 0.6 is 0 Å². The quantitative estimate of drug-likeness (QED) is 0.723. The molecule has 3 atom stereocenters. The lowest BCUT2D eigenvalue weighted by Crippen LogP contribution is -2.33. The maximum atomic E-state index is 11.9. The van der Waals surface area contributed by atoms with Crippen molar-refractivity contribution in [1.29, 1.82) is 0 Å². The smallest absolute Gasteiger partial charge is 0.309 e. The van der Waals surface area contributed by atoms with Crippen LogP contribution in [0, 0.1) is 17.8 Å². The number of hydrogen-bond donors (Lipinski definition) is 2. The predicted molar refractivity (Wildman–Crippen MR) is 70.1 cm³/mol. The predicted octanol–water partition coefficient (Wildman–Crippen LogP) is 1.92. The van der Waals surface area contributed by atoms with Gasteiger partial charge in [0, 0.05) is 0 Å². The first kappa shape index (κ1) is 16.5. The maximum Gasteiger partial charge on any atom is 0.309 e. The van der Waals surface area contributed by atoms with Crippen molar-refractivity contribution in [2.24, 2.45) is 17.8 Å². The van der Waals surface area contributed by atoms with E-state index in [1.807, 2.05) is 0 Å². The van der Waals surface area contributed by atoms with E-state index in [0.717, 1.165) is 6.42 Å². The van der Waals surface area contributed by atoms with Gasteiger partial charge >= 0.3 is 17.9 Å². The second-order valence-corrected chi connectivity index (χ2v) is 5.65. The first-order valence-corrected chi connectivity index (χ1v) is 6.96. The van der Waals surface area contributed by atoms with Gasteiger partial charge in [-0.3, -0.25) is 14.4 Å². The Morgan fingerprint density at radius 1 is 1.20 bits per heavy atom. The first-order chi connectivity index (χ1) is 9.31. The molecule has 0 aromatic rings. The zero-order valence-electron chi connectivity index (χ0n) is 11.9. The number of aliphatic carboxylic acids is 2. The van der Waals surface area contributed by atoms with Crippen LogP contribution in [0.5, 0.6) is 0 Å². The summed E-state index contributed by atoms with van der Waals surface area (Å²) in [5.41, 5.74) is 0. The van der Waals surface area contributed by atoms with Gasteiger partial charge in [-0.25, -0.2) is 0 Å². The number of carboxylic acid groups (broad SMARTS) is 2. The normalized spacial score (nSPS) is 24.1. The number of carboxylic acids is 2. The van der Waals surface area contributed by atoms with Crippen LogP contribution in [0.15, 0.2) is 0 Å². The molecule has 0 heterocycles. The number of carbonyl (C=O) groups excluding carboxylic acids is 1. The average Bonchev–Trinajstić information content (AvgIpc) is 2.34. The highest BCUT2D eigenvalue weighted by molar-refractivity contribution is 5.78. The molecule has 0 amide bonds. The van der Waals surface area contributed by atoms with E-state index in [1.165, 1.54) is 0 Å². The largest absolute Gasteiger partial charge is 0.481 e. The summed E-state index contributed by atoms with van der Waals surface area (Å²) < 4.78 is 5.16. The maximum absolute atomic E-state index is 11.9. The van der Waals surface area contributed by atoms with Crippen LogP contribution in [0.2, 0.25) is 0 Å². The molecule has 1 saturated carbocycles. The van der Waals surface area contributed by atoms with Crippen molar-refractivity contribution in [3.8, 4) is 0 Å². The van der Waals surface area contributed by atoms with Crippen LogP contribution < -0.4 is 0 Å². The third-order valence-corrected chi connectivity index (χ3v) is 3.68. The van der Waals surface area contributed by atoms with Gasteiger partial charge in [-0.05, 0) is 39.0 Å². The molecule has 6 heteroatoms. The van der Waals surface area contributed by atoms with Crippen LogP contribution in [0.4, 0.5) is 0 Å². The minimum atomic E-state index is -1.12. The van der Waals surface area contributed by atoms with Crippen LogP contribution in [0.3, 0.4) is 0 Å². The van der Waals surface area contributed by atoms with Crippen molar-refractivity contribution in [2.75, 3.05) is 0 Å². The molecule has 1 rings (SSSR count). The van der Waals surface area contributed by atoms with Crippen LogP contribution in [-0.4, -0.2) is 34.2 Å². The molecule has 1 aliphatic rings. The van der Waals surface area contributed by atoms with Gasteiger partial charge < -0.3 is 14.9 Å². The van der Waals surface area contributed by atoms with Gasteiger partial charge in [0.25, 0.3) is 0 Å². The second kappa shape index (κ2) is 7.26. The Kier molecular flexibility index (Phi) is 5.98. The highest BCUT2D eigenvalue weighted by atomic mass is 16.5. The third kappa shape index (κ3) is 4.83. The molecule has 0 aromatic carbocycles. The molecular formula is C14H22O6. The lowest BCUT2D eigenvalue weighted by atomic mass is 9.74. The fourth-order valence-corrected chi connectivity index (χ4v) is 2.78. The van der Waals surface area contributed by atoms with E-state index in [0.29, 0.717) is 19.3 Å². The Balaban J connectivity index is 2.68. The summed E-state index contributed by atoms with van der Waals surface area (Å²) >= 11 is 0. The molecule has 0 bridgehead atoms. The number of hydrogen-bond acceptors (Lipinski definition) is 4. The lowest BCUT2D eigenvalue weighted by molar-refractivity contribution is -0.157. The number of esters is 1. The molecule has 6 nitrogen and oxygen atoms in total. The van der Waals surface area contributed by atoms with Gasteiger partial charge in [-0.15, -0.1) is 0 Å². The fraction of sp³-hybridized carbons (Fsp3) is 0.786. The van der Waals surface area contributed by atoms with Gasteiger partial charge in [0.15, 0.2) is 0 Å². The molecule has 3 unspecified atom stereocenters. The van der Waals surface area contributed by atoms with E-state index in [-0.39, 0.29) is 23.9 Å². The van der Waals surface area contributed by atoms with Gasteiger partial charge in [-0.1, -0.05) is 6.42 Å². The number of ether oxygens (including phenoxy) is 1. The van der Waals surface area contributed by atoms with Crippen LogP contribution in [0.1, 0.15) is 46.0 Å². The van der Waals surface area contributed by atoms with Crippen LogP contribution in [-0.2, 0) is 19.1 Å². The van der Waals surface area contributed by atoms with E-state index in [9.17, 15) is 14.4 Å². The number of rotatable bonds is 6. The average molecular weight is 286 g/mol. The van der Waals surface area contributed by atoms with Crippen molar-refractivity contribution in [3.05, 3.63) is 0 Å². The van der Waals surface area contributed by atoms with Crippen molar-refractivity contribution >= 4 is 17.9 Å². The minimum absolute atomic E-state index is 0.197. The van der Waals surface area contributed by atoms with E-state index < -0.39 is 24.3 Å². The summed E-state index contributed by atoms with van der Waals surface area (Å²) in [7, 11) is 0. The molecule has 0 spiro atoms. The topological polar surface area (TPSA) is 101 Å². The molecule has 20 heavy (non-hydrogen) atoms. The molecule has 114 valence electrons. The molecule has 2 N–H and O–H groups in total. The summed E-state index contributed by atoms with van der Waals surface area (Å²) in [5, 5.41) is 18.0. The van der Waals surface area contributed by atoms with E-state index in [2.05, 4.69) is 0 Å².